The van der Waals surface area contributed by atoms with Crippen LogP contribution in [0.25, 0.3) is 0 Å². The molecule has 1 aliphatic carbocycles. The number of ketones is 1. The minimum absolute atomic E-state index is 0.201. The van der Waals surface area contributed by atoms with Gasteiger partial charge in [-0.25, -0.2) is 0 Å². The molecular formula is C14H14O3. The minimum Gasteiger partial charge on any atom is -0.380 e. The van der Waals surface area contributed by atoms with E-state index in [1.165, 1.54) is 6.08 Å². The largest absolute Gasteiger partial charge is 0.380 e. The van der Waals surface area contributed by atoms with Gasteiger partial charge < -0.3 is 10.2 Å². The van der Waals surface area contributed by atoms with Crippen LogP contribution in [0.1, 0.15) is 18.1 Å². The Balaban J connectivity index is 2.21. The molecule has 1 aromatic rings. The highest BCUT2D eigenvalue weighted by Gasteiger charge is 2.37. The highest BCUT2D eigenvalue weighted by atomic mass is 16.3. The van der Waals surface area contributed by atoms with Crippen molar-refractivity contribution in [1.29, 1.82) is 0 Å². The van der Waals surface area contributed by atoms with Gasteiger partial charge in [-0.05, 0) is 11.6 Å². The zero-order valence-electron chi connectivity index (χ0n) is 9.28. The topological polar surface area (TPSA) is 57.5 Å². The summed E-state index contributed by atoms with van der Waals surface area (Å²) in [6.45, 7) is 0. The number of hydrogen-bond donors (Lipinski definition) is 2. The Hall–Kier alpha value is -1.71. The summed E-state index contributed by atoms with van der Waals surface area (Å²) in [5.41, 5.74) is -1.10. The van der Waals surface area contributed by atoms with Gasteiger partial charge in [-0.15, -0.1) is 0 Å². The third-order valence-electron chi connectivity index (χ3n) is 2.84. The fourth-order valence-corrected chi connectivity index (χ4v) is 1.82. The van der Waals surface area contributed by atoms with Crippen molar-refractivity contribution < 1.29 is 15.0 Å². The average molecular weight is 230 g/mol. The molecule has 0 heterocycles. The van der Waals surface area contributed by atoms with E-state index in [0.29, 0.717) is 5.56 Å². The average Bonchev–Trinajstić information content (AvgIpc) is 2.39. The normalized spacial score (nSPS) is 24.6. The maximum atomic E-state index is 12.0. The van der Waals surface area contributed by atoms with Crippen molar-refractivity contribution in [3.63, 3.8) is 0 Å². The Morgan fingerprint density at radius 2 is 1.94 bits per heavy atom. The molecule has 0 aliphatic heterocycles. The highest BCUT2D eigenvalue weighted by Crippen LogP contribution is 2.26. The van der Waals surface area contributed by atoms with Gasteiger partial charge in [0.2, 0.25) is 5.78 Å². The first-order valence-corrected chi connectivity index (χ1v) is 5.47. The van der Waals surface area contributed by atoms with Gasteiger partial charge in [0.1, 0.15) is 11.7 Å². The van der Waals surface area contributed by atoms with Crippen molar-refractivity contribution in [2.45, 2.75) is 18.1 Å². The van der Waals surface area contributed by atoms with Crippen LogP contribution in [-0.2, 0) is 4.79 Å². The van der Waals surface area contributed by atoms with Crippen molar-refractivity contribution in [1.82, 2.24) is 0 Å². The van der Waals surface area contributed by atoms with E-state index < -0.39 is 17.5 Å². The first kappa shape index (κ1) is 11.8. The number of aliphatic hydroxyl groups is 2. The smallest absolute Gasteiger partial charge is 0.201 e. The lowest BCUT2D eigenvalue weighted by molar-refractivity contribution is -0.141. The molecule has 0 unspecified atom stereocenters. The van der Waals surface area contributed by atoms with E-state index in [4.69, 9.17) is 0 Å². The molecule has 2 rings (SSSR count). The predicted molar refractivity (Wildman–Crippen MR) is 64.3 cm³/mol. The number of rotatable bonds is 3. The van der Waals surface area contributed by atoms with Crippen LogP contribution in [0.3, 0.4) is 0 Å². The van der Waals surface area contributed by atoms with Gasteiger partial charge in [0.15, 0.2) is 0 Å². The molecule has 17 heavy (non-hydrogen) atoms. The van der Waals surface area contributed by atoms with E-state index in [1.807, 2.05) is 0 Å². The van der Waals surface area contributed by atoms with Gasteiger partial charge in [-0.3, -0.25) is 4.79 Å². The van der Waals surface area contributed by atoms with E-state index in [2.05, 4.69) is 0 Å². The number of allylic oxidation sites excluding steroid dienone is 2. The van der Waals surface area contributed by atoms with Crippen molar-refractivity contribution in [3.8, 4) is 0 Å². The SMILES string of the molecule is O=C([C@@H](O)c1ccccc1)[C@]1(O)C=CC=CC1. The van der Waals surface area contributed by atoms with Gasteiger partial charge in [0, 0.05) is 6.42 Å². The third-order valence-corrected chi connectivity index (χ3v) is 2.84. The van der Waals surface area contributed by atoms with E-state index in [1.54, 1.807) is 48.6 Å². The second-order valence-electron chi connectivity index (χ2n) is 4.09. The maximum Gasteiger partial charge on any atom is 0.201 e. The third kappa shape index (κ3) is 2.35. The summed E-state index contributed by atoms with van der Waals surface area (Å²) in [5, 5.41) is 20.1. The van der Waals surface area contributed by atoms with Crippen LogP contribution < -0.4 is 0 Å². The summed E-state index contributed by atoms with van der Waals surface area (Å²) in [6, 6.07) is 8.61. The molecule has 0 bridgehead atoms. The summed E-state index contributed by atoms with van der Waals surface area (Å²) in [6.07, 6.45) is 5.40. The molecule has 0 radical (unpaired) electrons. The number of Topliss-reactive ketones (excluding diaryl/α,β-unsaturated/α-hetero) is 1. The van der Waals surface area contributed by atoms with Crippen LogP contribution >= 0.6 is 0 Å². The lowest BCUT2D eigenvalue weighted by Gasteiger charge is -2.26. The Labute approximate surface area is 99.7 Å². The molecule has 0 fully saturated rings. The molecule has 0 amide bonds. The Bertz CT molecular complexity index is 462. The maximum absolute atomic E-state index is 12.0. The summed E-state index contributed by atoms with van der Waals surface area (Å²) in [5.74, 6) is -0.593. The van der Waals surface area contributed by atoms with Gasteiger partial charge in [0.25, 0.3) is 0 Å². The number of carbonyl (C=O) groups excluding carboxylic acids is 1. The molecule has 3 nitrogen and oxygen atoms in total. The molecule has 88 valence electrons. The first-order chi connectivity index (χ1) is 8.13. The number of carbonyl (C=O) groups is 1. The zero-order chi connectivity index (χ0) is 12.3. The van der Waals surface area contributed by atoms with E-state index >= 15 is 0 Å². The molecule has 1 aromatic carbocycles. The van der Waals surface area contributed by atoms with Crippen LogP contribution in [0.5, 0.6) is 0 Å². The standard InChI is InChI=1S/C14H14O3/c15-12(11-7-3-1-4-8-11)13(16)14(17)9-5-2-6-10-14/h1-9,12,15,17H,10H2/t12-,14-/m0/s1. The molecule has 0 saturated heterocycles. The van der Waals surface area contributed by atoms with Crippen LogP contribution in [0, 0.1) is 0 Å². The lowest BCUT2D eigenvalue weighted by atomic mass is 9.86. The molecule has 0 aromatic heterocycles. The van der Waals surface area contributed by atoms with E-state index in [-0.39, 0.29) is 6.42 Å². The number of benzene rings is 1. The summed E-state index contributed by atoms with van der Waals surface area (Å²) < 4.78 is 0. The Morgan fingerprint density at radius 1 is 1.24 bits per heavy atom. The monoisotopic (exact) mass is 230 g/mol. The fourth-order valence-electron chi connectivity index (χ4n) is 1.82. The molecule has 3 heteroatoms. The highest BCUT2D eigenvalue weighted by molar-refractivity contribution is 5.94. The number of hydrogen-bond acceptors (Lipinski definition) is 3. The van der Waals surface area contributed by atoms with Crippen LogP contribution in [0.4, 0.5) is 0 Å². The van der Waals surface area contributed by atoms with Crippen LogP contribution in [-0.4, -0.2) is 21.6 Å². The number of aliphatic hydroxyl groups excluding tert-OH is 1. The summed E-state index contributed by atoms with van der Waals surface area (Å²) in [4.78, 5) is 12.0. The van der Waals surface area contributed by atoms with Crippen molar-refractivity contribution >= 4 is 5.78 Å². The quantitative estimate of drug-likeness (QED) is 0.828. The molecule has 0 spiro atoms. The Kier molecular flexibility index (Phi) is 3.22. The molecular weight excluding hydrogens is 216 g/mol. The van der Waals surface area contributed by atoms with Gasteiger partial charge in [-0.2, -0.15) is 0 Å². The molecule has 0 saturated carbocycles. The summed E-state index contributed by atoms with van der Waals surface area (Å²) >= 11 is 0. The second kappa shape index (κ2) is 4.65. The summed E-state index contributed by atoms with van der Waals surface area (Å²) in [7, 11) is 0. The van der Waals surface area contributed by atoms with Gasteiger partial charge >= 0.3 is 0 Å². The van der Waals surface area contributed by atoms with Crippen molar-refractivity contribution in [2.24, 2.45) is 0 Å². The second-order valence-corrected chi connectivity index (χ2v) is 4.09. The Morgan fingerprint density at radius 3 is 2.53 bits per heavy atom. The van der Waals surface area contributed by atoms with Crippen molar-refractivity contribution in [3.05, 3.63) is 60.2 Å². The van der Waals surface area contributed by atoms with E-state index in [0.717, 1.165) is 0 Å². The molecule has 2 N–H and O–H groups in total. The first-order valence-electron chi connectivity index (χ1n) is 5.47. The molecule has 1 aliphatic rings. The van der Waals surface area contributed by atoms with Crippen LogP contribution in [0.15, 0.2) is 54.6 Å². The van der Waals surface area contributed by atoms with Crippen molar-refractivity contribution in [2.75, 3.05) is 0 Å². The fraction of sp³-hybridized carbons (Fsp3) is 0.214. The lowest BCUT2D eigenvalue weighted by Crippen LogP contribution is -2.40. The van der Waals surface area contributed by atoms with Gasteiger partial charge in [-0.1, -0.05) is 48.6 Å². The van der Waals surface area contributed by atoms with Gasteiger partial charge in [0.05, 0.1) is 0 Å². The van der Waals surface area contributed by atoms with E-state index in [9.17, 15) is 15.0 Å². The van der Waals surface area contributed by atoms with Crippen LogP contribution in [0.2, 0.25) is 0 Å². The predicted octanol–water partition coefficient (Wildman–Crippen LogP) is 1.54. The minimum atomic E-state index is -1.59. The molecule has 2 atom stereocenters. The zero-order valence-corrected chi connectivity index (χ0v) is 9.28.